The van der Waals surface area contributed by atoms with Crippen LogP contribution in [0.25, 0.3) is 0 Å². The van der Waals surface area contributed by atoms with Gasteiger partial charge in [0.1, 0.15) is 6.10 Å². The molecule has 2 aliphatic carbocycles. The van der Waals surface area contributed by atoms with E-state index in [1.165, 1.54) is 6.92 Å². The van der Waals surface area contributed by atoms with Gasteiger partial charge >= 0.3 is 17.9 Å². The summed E-state index contributed by atoms with van der Waals surface area (Å²) in [5.41, 5.74) is 0. The van der Waals surface area contributed by atoms with Gasteiger partial charge in [-0.3, -0.25) is 14.4 Å². The number of hydrogen-bond acceptors (Lipinski definition) is 6. The fourth-order valence-electron chi connectivity index (χ4n) is 3.23. The Bertz CT molecular complexity index is 416. The van der Waals surface area contributed by atoms with Crippen molar-refractivity contribution in [3.05, 3.63) is 0 Å². The van der Waals surface area contributed by atoms with Crippen molar-refractivity contribution in [2.45, 2.75) is 70.5 Å². The maximum atomic E-state index is 12.0. The van der Waals surface area contributed by atoms with E-state index >= 15 is 0 Å². The third-order valence-corrected chi connectivity index (χ3v) is 4.57. The van der Waals surface area contributed by atoms with Crippen LogP contribution in [0.3, 0.4) is 0 Å². The highest BCUT2D eigenvalue weighted by molar-refractivity contribution is 5.88. The van der Waals surface area contributed by atoms with Crippen molar-refractivity contribution in [2.24, 2.45) is 11.8 Å². The fourth-order valence-corrected chi connectivity index (χ4v) is 3.23. The molecule has 22 heavy (non-hydrogen) atoms. The van der Waals surface area contributed by atoms with Crippen molar-refractivity contribution in [3.63, 3.8) is 0 Å². The third kappa shape index (κ3) is 4.80. The second kappa shape index (κ2) is 7.72. The van der Waals surface area contributed by atoms with Crippen molar-refractivity contribution >= 4 is 17.9 Å². The smallest absolute Gasteiger partial charge is 0.316 e. The van der Waals surface area contributed by atoms with Crippen LogP contribution < -0.4 is 0 Å². The largest absolute Gasteiger partial charge is 0.463 e. The molecular formula is C16H24O6. The second-order valence-electron chi connectivity index (χ2n) is 6.33. The molecule has 6 nitrogen and oxygen atoms in total. The summed E-state index contributed by atoms with van der Waals surface area (Å²) in [5, 5.41) is 9.43. The Morgan fingerprint density at radius 1 is 0.818 bits per heavy atom. The summed E-state index contributed by atoms with van der Waals surface area (Å²) in [6, 6.07) is 0. The van der Waals surface area contributed by atoms with E-state index in [9.17, 15) is 19.5 Å². The SMILES string of the molecule is CC(=O)OC1CCC(C(=O)OC(=O)C2CCC(O)CC2)CC1. The van der Waals surface area contributed by atoms with E-state index < -0.39 is 11.9 Å². The lowest BCUT2D eigenvalue weighted by Crippen LogP contribution is -2.32. The first-order valence-corrected chi connectivity index (χ1v) is 8.06. The molecule has 0 aliphatic heterocycles. The first-order valence-electron chi connectivity index (χ1n) is 8.06. The molecule has 2 aliphatic rings. The van der Waals surface area contributed by atoms with Crippen LogP contribution in [0.5, 0.6) is 0 Å². The normalized spacial score (nSPS) is 32.1. The van der Waals surface area contributed by atoms with Crippen LogP contribution in [0.4, 0.5) is 0 Å². The van der Waals surface area contributed by atoms with Crippen molar-refractivity contribution in [2.75, 3.05) is 0 Å². The zero-order chi connectivity index (χ0) is 16.1. The topological polar surface area (TPSA) is 89.9 Å². The number of carbonyl (C=O) groups is 3. The molecule has 6 heteroatoms. The first kappa shape index (κ1) is 16.9. The fraction of sp³-hybridized carbons (Fsp3) is 0.812. The Labute approximate surface area is 130 Å². The lowest BCUT2D eigenvalue weighted by atomic mass is 9.86. The summed E-state index contributed by atoms with van der Waals surface area (Å²) < 4.78 is 10.1. The molecule has 0 unspecified atom stereocenters. The molecule has 0 aromatic heterocycles. The second-order valence-corrected chi connectivity index (χ2v) is 6.33. The van der Waals surface area contributed by atoms with E-state index in [0.29, 0.717) is 51.4 Å². The summed E-state index contributed by atoms with van der Waals surface area (Å²) in [5.74, 6) is -1.79. The number of aliphatic hydroxyl groups excluding tert-OH is 1. The highest BCUT2D eigenvalue weighted by Gasteiger charge is 2.33. The molecule has 2 fully saturated rings. The first-order chi connectivity index (χ1) is 10.5. The van der Waals surface area contributed by atoms with E-state index in [-0.39, 0.29) is 30.0 Å². The third-order valence-electron chi connectivity index (χ3n) is 4.57. The molecule has 0 aromatic carbocycles. The van der Waals surface area contributed by atoms with Gasteiger partial charge in [0.25, 0.3) is 0 Å². The van der Waals surface area contributed by atoms with Crippen LogP contribution in [0.15, 0.2) is 0 Å². The minimum atomic E-state index is -0.461. The minimum absolute atomic E-state index is 0.128. The Morgan fingerprint density at radius 3 is 1.73 bits per heavy atom. The Hall–Kier alpha value is -1.43. The van der Waals surface area contributed by atoms with Crippen molar-refractivity contribution in [1.29, 1.82) is 0 Å². The molecule has 0 atom stereocenters. The predicted molar refractivity (Wildman–Crippen MR) is 76.6 cm³/mol. The van der Waals surface area contributed by atoms with Crippen LogP contribution in [0.1, 0.15) is 58.3 Å². The summed E-state index contributed by atoms with van der Waals surface area (Å²) >= 11 is 0. The van der Waals surface area contributed by atoms with Crippen molar-refractivity contribution in [1.82, 2.24) is 0 Å². The summed E-state index contributed by atoms with van der Waals surface area (Å²) in [7, 11) is 0. The molecule has 0 radical (unpaired) electrons. The van der Waals surface area contributed by atoms with Gasteiger partial charge in [0.05, 0.1) is 17.9 Å². The van der Waals surface area contributed by atoms with E-state index in [2.05, 4.69) is 0 Å². The monoisotopic (exact) mass is 312 g/mol. The lowest BCUT2D eigenvalue weighted by molar-refractivity contribution is -0.167. The number of carbonyl (C=O) groups excluding carboxylic acids is 3. The number of rotatable bonds is 3. The molecule has 2 rings (SSSR count). The van der Waals surface area contributed by atoms with Crippen molar-refractivity contribution < 1.29 is 29.0 Å². The van der Waals surface area contributed by atoms with Crippen LogP contribution in [0, 0.1) is 11.8 Å². The minimum Gasteiger partial charge on any atom is -0.463 e. The Kier molecular flexibility index (Phi) is 5.94. The average molecular weight is 312 g/mol. The van der Waals surface area contributed by atoms with Gasteiger partial charge in [-0.25, -0.2) is 0 Å². The maximum Gasteiger partial charge on any atom is 0.316 e. The number of aliphatic hydroxyl groups is 1. The van der Waals surface area contributed by atoms with Gasteiger partial charge in [-0.1, -0.05) is 0 Å². The van der Waals surface area contributed by atoms with Crippen LogP contribution in [-0.2, 0) is 23.9 Å². The highest BCUT2D eigenvalue weighted by Crippen LogP contribution is 2.29. The molecule has 0 amide bonds. The standard InChI is InChI=1S/C16H24O6/c1-10(17)21-14-8-4-12(5-9-14)16(20)22-15(19)11-2-6-13(18)7-3-11/h11-14,18H,2-9H2,1H3. The highest BCUT2D eigenvalue weighted by atomic mass is 16.6. The quantitative estimate of drug-likeness (QED) is 0.630. The zero-order valence-corrected chi connectivity index (χ0v) is 13.0. The zero-order valence-electron chi connectivity index (χ0n) is 13.0. The van der Waals surface area contributed by atoms with Gasteiger partial charge in [-0.15, -0.1) is 0 Å². The molecular weight excluding hydrogens is 288 g/mol. The number of esters is 3. The average Bonchev–Trinajstić information content (AvgIpc) is 2.48. The van der Waals surface area contributed by atoms with E-state index in [4.69, 9.17) is 9.47 Å². The lowest BCUT2D eigenvalue weighted by Gasteiger charge is -2.27. The van der Waals surface area contributed by atoms with Crippen molar-refractivity contribution in [3.8, 4) is 0 Å². The van der Waals surface area contributed by atoms with Crippen LogP contribution in [0.2, 0.25) is 0 Å². The molecule has 2 saturated carbocycles. The number of hydrogen-bond donors (Lipinski definition) is 1. The summed E-state index contributed by atoms with van der Waals surface area (Å²) in [6.07, 6.45) is 4.27. The maximum absolute atomic E-state index is 12.0. The Balaban J connectivity index is 1.73. The molecule has 0 saturated heterocycles. The molecule has 0 heterocycles. The van der Waals surface area contributed by atoms with Gasteiger partial charge in [-0.05, 0) is 51.4 Å². The van der Waals surface area contributed by atoms with Gasteiger partial charge in [0.2, 0.25) is 0 Å². The predicted octanol–water partition coefficient (Wildman–Crippen LogP) is 1.73. The van der Waals surface area contributed by atoms with E-state index in [1.54, 1.807) is 0 Å². The molecule has 1 N–H and O–H groups in total. The summed E-state index contributed by atoms with van der Waals surface area (Å²) in [6.45, 7) is 1.38. The molecule has 0 spiro atoms. The molecule has 0 bridgehead atoms. The Morgan fingerprint density at radius 2 is 1.27 bits per heavy atom. The van der Waals surface area contributed by atoms with Gasteiger partial charge in [0.15, 0.2) is 0 Å². The molecule has 0 aromatic rings. The van der Waals surface area contributed by atoms with Gasteiger partial charge in [0, 0.05) is 6.92 Å². The van der Waals surface area contributed by atoms with Crippen LogP contribution >= 0.6 is 0 Å². The van der Waals surface area contributed by atoms with Crippen LogP contribution in [-0.4, -0.2) is 35.2 Å². The molecule has 124 valence electrons. The van der Waals surface area contributed by atoms with Gasteiger partial charge < -0.3 is 14.6 Å². The number of ether oxygens (including phenoxy) is 2. The van der Waals surface area contributed by atoms with Gasteiger partial charge in [-0.2, -0.15) is 0 Å². The summed E-state index contributed by atoms with van der Waals surface area (Å²) in [4.78, 5) is 34.9. The van der Waals surface area contributed by atoms with E-state index in [1.807, 2.05) is 0 Å². The van der Waals surface area contributed by atoms with E-state index in [0.717, 1.165) is 0 Å².